The average molecular weight is 178 g/mol. The van der Waals surface area contributed by atoms with Crippen LogP contribution in [0, 0.1) is 0 Å². The molecule has 0 amide bonds. The molecule has 0 unspecified atom stereocenters. The first-order valence-electron chi connectivity index (χ1n) is 3.66. The van der Waals surface area contributed by atoms with Crippen LogP contribution in [0.3, 0.4) is 0 Å². The summed E-state index contributed by atoms with van der Waals surface area (Å²) in [5, 5.41) is 1.12. The maximum absolute atomic E-state index is 11.2. The highest BCUT2D eigenvalue weighted by Crippen LogP contribution is 2.11. The van der Waals surface area contributed by atoms with Crippen molar-refractivity contribution in [1.29, 1.82) is 0 Å². The van der Waals surface area contributed by atoms with Crippen LogP contribution in [0.2, 0.25) is 0 Å². The molecule has 0 saturated heterocycles. The van der Waals surface area contributed by atoms with Gasteiger partial charge in [0.25, 0.3) is 0 Å². The van der Waals surface area contributed by atoms with Crippen molar-refractivity contribution in [1.82, 2.24) is 0 Å². The summed E-state index contributed by atoms with van der Waals surface area (Å²) in [7, 11) is 1.77. The smallest absolute Gasteiger partial charge is 0.203 e. The van der Waals surface area contributed by atoms with Gasteiger partial charge in [-0.05, 0) is 23.5 Å². The molecule has 2 nitrogen and oxygen atoms in total. The molecular weight excluding hydrogens is 170 g/mol. The first-order valence-corrected chi connectivity index (χ1v) is 4.47. The lowest BCUT2D eigenvalue weighted by Gasteiger charge is -1.90. The van der Waals surface area contributed by atoms with Crippen molar-refractivity contribution in [2.45, 2.75) is 0 Å². The third-order valence-electron chi connectivity index (χ3n) is 1.74. The molecule has 12 heavy (non-hydrogen) atoms. The zero-order chi connectivity index (χ0) is 8.55. The number of aromatic nitrogens is 1. The molecule has 60 valence electrons. The summed E-state index contributed by atoms with van der Waals surface area (Å²) >= 11 is 1.28. The van der Waals surface area contributed by atoms with E-state index in [2.05, 4.69) is 0 Å². The van der Waals surface area contributed by atoms with Crippen molar-refractivity contribution < 1.29 is 4.57 Å². The normalized spacial score (nSPS) is 10.4. The topological polar surface area (TPSA) is 20.9 Å². The van der Waals surface area contributed by atoms with Crippen molar-refractivity contribution in [3.63, 3.8) is 0 Å². The van der Waals surface area contributed by atoms with Gasteiger partial charge in [-0.3, -0.25) is 0 Å². The van der Waals surface area contributed by atoms with E-state index in [9.17, 15) is 4.79 Å². The van der Waals surface area contributed by atoms with E-state index >= 15 is 0 Å². The molecule has 2 aromatic rings. The van der Waals surface area contributed by atoms with Gasteiger partial charge in [0, 0.05) is 0 Å². The molecule has 0 aliphatic carbocycles. The molecule has 1 aromatic heterocycles. The Kier molecular flexibility index (Phi) is 1.66. The van der Waals surface area contributed by atoms with Gasteiger partial charge in [-0.1, -0.05) is 12.1 Å². The summed E-state index contributed by atoms with van der Waals surface area (Å²) in [5.74, 6) is 0. The van der Waals surface area contributed by atoms with Crippen LogP contribution in [-0.2, 0) is 7.05 Å². The molecule has 1 aromatic carbocycles. The molecule has 0 radical (unpaired) electrons. The molecule has 3 heteroatoms. The molecule has 0 N–H and O–H groups in total. The average Bonchev–Trinajstić information content (AvgIpc) is 2.07. The third-order valence-corrected chi connectivity index (χ3v) is 2.79. The predicted octanol–water partition coefficient (Wildman–Crippen LogP) is 1.09. The highest BCUT2D eigenvalue weighted by molar-refractivity contribution is 7.15. The SMILES string of the molecule is C[n+]1cc2ccccc2sc1=O. The van der Waals surface area contributed by atoms with Crippen LogP contribution >= 0.6 is 11.3 Å². The van der Waals surface area contributed by atoms with Crippen molar-refractivity contribution in [3.05, 3.63) is 40.1 Å². The maximum atomic E-state index is 11.2. The molecule has 0 fully saturated rings. The molecule has 0 aliphatic heterocycles. The lowest BCUT2D eigenvalue weighted by atomic mass is 10.3. The summed E-state index contributed by atoms with van der Waals surface area (Å²) in [6.45, 7) is 0. The second-order valence-corrected chi connectivity index (χ2v) is 3.64. The minimum atomic E-state index is 0.0775. The zero-order valence-corrected chi connectivity index (χ0v) is 7.47. The number of fused-ring (bicyclic) bond motifs is 1. The summed E-state index contributed by atoms with van der Waals surface area (Å²) in [6, 6.07) is 7.88. The van der Waals surface area contributed by atoms with E-state index < -0.39 is 0 Å². The largest absolute Gasteiger partial charge is 0.472 e. The maximum Gasteiger partial charge on any atom is 0.472 e. The molecule has 0 saturated carbocycles. The predicted molar refractivity (Wildman–Crippen MR) is 49.3 cm³/mol. The summed E-state index contributed by atoms with van der Waals surface area (Å²) < 4.78 is 2.65. The van der Waals surface area contributed by atoms with E-state index in [-0.39, 0.29) is 4.87 Å². The zero-order valence-electron chi connectivity index (χ0n) is 6.65. The van der Waals surface area contributed by atoms with Crippen LogP contribution in [0.5, 0.6) is 0 Å². The van der Waals surface area contributed by atoms with Crippen molar-refractivity contribution in [2.24, 2.45) is 7.05 Å². The number of hydrogen-bond donors (Lipinski definition) is 0. The molecule has 0 atom stereocenters. The summed E-state index contributed by atoms with van der Waals surface area (Å²) in [5.41, 5.74) is 0. The summed E-state index contributed by atoms with van der Waals surface area (Å²) in [4.78, 5) is 11.3. The molecule has 0 aliphatic rings. The third kappa shape index (κ3) is 1.12. The fraction of sp³-hybridized carbons (Fsp3) is 0.111. The fourth-order valence-corrected chi connectivity index (χ4v) is 1.88. The van der Waals surface area contributed by atoms with Gasteiger partial charge in [0.05, 0.1) is 10.1 Å². The van der Waals surface area contributed by atoms with E-state index in [0.29, 0.717) is 0 Å². The van der Waals surface area contributed by atoms with Crippen LogP contribution in [0.25, 0.3) is 10.1 Å². The standard InChI is InChI=1S/C9H8NOS/c1-10-6-7-4-2-3-5-8(7)12-9(10)11/h2-6H,1H3/q+1. The van der Waals surface area contributed by atoms with E-state index in [4.69, 9.17) is 0 Å². The highest BCUT2D eigenvalue weighted by atomic mass is 32.1. The Morgan fingerprint density at radius 3 is 2.92 bits per heavy atom. The Hall–Kier alpha value is -1.22. The van der Waals surface area contributed by atoms with Gasteiger partial charge in [-0.25, -0.2) is 4.79 Å². The van der Waals surface area contributed by atoms with E-state index in [1.807, 2.05) is 30.5 Å². The fourth-order valence-electron chi connectivity index (χ4n) is 1.11. The molecular formula is C9H8NOS+. The lowest BCUT2D eigenvalue weighted by molar-refractivity contribution is -0.680. The Labute approximate surface area is 73.7 Å². The van der Waals surface area contributed by atoms with Crippen LogP contribution < -0.4 is 9.44 Å². The van der Waals surface area contributed by atoms with E-state index in [1.54, 1.807) is 11.6 Å². The van der Waals surface area contributed by atoms with Gasteiger partial charge < -0.3 is 0 Å². The first kappa shape index (κ1) is 7.43. The van der Waals surface area contributed by atoms with Gasteiger partial charge in [0.2, 0.25) is 0 Å². The Bertz CT molecular complexity index is 475. The minimum Gasteiger partial charge on any atom is -0.203 e. The van der Waals surface area contributed by atoms with Crippen LogP contribution in [-0.4, -0.2) is 0 Å². The monoisotopic (exact) mass is 178 g/mol. The lowest BCUT2D eigenvalue weighted by Crippen LogP contribution is -2.43. The molecule has 0 bridgehead atoms. The van der Waals surface area contributed by atoms with Crippen molar-refractivity contribution in [3.8, 4) is 0 Å². The number of rotatable bonds is 0. The molecule has 0 spiro atoms. The Morgan fingerprint density at radius 2 is 2.08 bits per heavy atom. The summed E-state index contributed by atoms with van der Waals surface area (Å²) in [6.07, 6.45) is 1.86. The Balaban J connectivity index is 2.93. The van der Waals surface area contributed by atoms with Crippen LogP contribution in [0.15, 0.2) is 35.3 Å². The van der Waals surface area contributed by atoms with E-state index in [0.717, 1.165) is 10.1 Å². The second kappa shape index (κ2) is 2.68. The van der Waals surface area contributed by atoms with Gasteiger partial charge in [-0.2, -0.15) is 4.57 Å². The Morgan fingerprint density at radius 1 is 1.33 bits per heavy atom. The number of benzene rings is 1. The van der Waals surface area contributed by atoms with Gasteiger partial charge >= 0.3 is 4.87 Å². The number of nitrogens with zero attached hydrogens (tertiary/aromatic N) is 1. The number of aryl methyl sites for hydroxylation is 1. The van der Waals surface area contributed by atoms with Gasteiger partial charge in [0.1, 0.15) is 7.05 Å². The number of hydrogen-bond acceptors (Lipinski definition) is 2. The highest BCUT2D eigenvalue weighted by Gasteiger charge is 2.03. The molecule has 2 rings (SSSR count). The van der Waals surface area contributed by atoms with Gasteiger partial charge in [-0.15, -0.1) is 0 Å². The minimum absolute atomic E-state index is 0.0775. The quantitative estimate of drug-likeness (QED) is 0.553. The molecule has 1 heterocycles. The van der Waals surface area contributed by atoms with Crippen LogP contribution in [0.1, 0.15) is 0 Å². The van der Waals surface area contributed by atoms with Crippen LogP contribution in [0.4, 0.5) is 0 Å². The van der Waals surface area contributed by atoms with E-state index in [1.165, 1.54) is 11.3 Å². The van der Waals surface area contributed by atoms with Crippen molar-refractivity contribution >= 4 is 21.4 Å². The first-order chi connectivity index (χ1) is 5.77. The second-order valence-electron chi connectivity index (χ2n) is 2.65. The van der Waals surface area contributed by atoms with Crippen molar-refractivity contribution in [2.75, 3.05) is 0 Å². The van der Waals surface area contributed by atoms with Gasteiger partial charge in [0.15, 0.2) is 6.20 Å².